The van der Waals surface area contributed by atoms with Crippen molar-refractivity contribution in [2.45, 2.75) is 94.6 Å². The van der Waals surface area contributed by atoms with Gasteiger partial charge in [0.15, 0.2) is 18.7 Å². The lowest BCUT2D eigenvalue weighted by Crippen LogP contribution is -2.68. The average Bonchev–Trinajstić information content (AvgIpc) is 3.19. The molecule has 0 aromatic heterocycles. The van der Waals surface area contributed by atoms with E-state index in [0.29, 0.717) is 13.2 Å². The number of esters is 1. The van der Waals surface area contributed by atoms with Gasteiger partial charge in [-0.15, -0.1) is 0 Å². The summed E-state index contributed by atoms with van der Waals surface area (Å²) in [6.45, 7) is 2.35. The minimum atomic E-state index is -1.37. The summed E-state index contributed by atoms with van der Waals surface area (Å²) >= 11 is 0. The highest BCUT2D eigenvalue weighted by molar-refractivity contribution is 5.66. The molecule has 0 aliphatic carbocycles. The molecule has 0 saturated carbocycles. The predicted octanol–water partition coefficient (Wildman–Crippen LogP) is 4.00. The first kappa shape index (κ1) is 39.6. The first-order chi connectivity index (χ1) is 26.4. The number of hydrogen-bond acceptors (Lipinski definition) is 12. The quantitative estimate of drug-likeness (QED) is 0.134. The van der Waals surface area contributed by atoms with E-state index >= 15 is 0 Å². The Morgan fingerprint density at radius 2 is 0.981 bits per heavy atom. The van der Waals surface area contributed by atoms with Gasteiger partial charge in [-0.1, -0.05) is 121 Å². The molecule has 0 bridgehead atoms. The highest BCUT2D eigenvalue weighted by atomic mass is 16.7. The molecule has 6 rings (SSSR count). The van der Waals surface area contributed by atoms with Crippen molar-refractivity contribution in [3.05, 3.63) is 144 Å². The van der Waals surface area contributed by atoms with E-state index < -0.39 is 67.3 Å². The van der Waals surface area contributed by atoms with E-state index in [1.807, 2.05) is 121 Å². The largest absolute Gasteiger partial charge is 0.457 e. The van der Waals surface area contributed by atoms with Gasteiger partial charge in [0, 0.05) is 6.92 Å². The Hall–Kier alpha value is -4.05. The van der Waals surface area contributed by atoms with Gasteiger partial charge in [-0.05, 0) is 22.3 Å². The van der Waals surface area contributed by atoms with Crippen LogP contribution in [-0.2, 0) is 69.1 Å². The molecule has 0 amide bonds. The van der Waals surface area contributed by atoms with Crippen LogP contribution >= 0.6 is 0 Å². The molecule has 54 heavy (non-hydrogen) atoms. The number of carbonyl (C=O) groups is 1. The van der Waals surface area contributed by atoms with Crippen molar-refractivity contribution in [1.29, 1.82) is 0 Å². The Morgan fingerprint density at radius 1 is 0.574 bits per heavy atom. The molecule has 5 N–H and O–H groups in total. The third kappa shape index (κ3) is 11.0. The van der Waals surface area contributed by atoms with Crippen LogP contribution in [0.4, 0.5) is 0 Å². The van der Waals surface area contributed by atoms with Crippen LogP contribution in [0.5, 0.6) is 0 Å². The summed E-state index contributed by atoms with van der Waals surface area (Å²) in [6.07, 6.45) is -7.81. The smallest absolute Gasteiger partial charge is 0.303 e. The number of aliphatic hydroxyl groups excluding tert-OH is 1. The van der Waals surface area contributed by atoms with Gasteiger partial charge in [0.25, 0.3) is 0 Å². The molecule has 288 valence electrons. The van der Waals surface area contributed by atoms with E-state index in [4.69, 9.17) is 49.4 Å². The fourth-order valence-electron chi connectivity index (χ4n) is 6.59. The van der Waals surface area contributed by atoms with Crippen LogP contribution in [0.15, 0.2) is 121 Å². The van der Waals surface area contributed by atoms with Gasteiger partial charge in [-0.25, -0.2) is 0 Å². The molecule has 4 aromatic carbocycles. The molecular weight excluding hydrogens is 692 g/mol. The molecule has 0 radical (unpaired) electrons. The van der Waals surface area contributed by atoms with Crippen LogP contribution in [0.3, 0.4) is 0 Å². The van der Waals surface area contributed by atoms with E-state index in [9.17, 15) is 9.90 Å². The molecular formula is C42H50N2O10. The maximum atomic E-state index is 12.5. The third-order valence-electron chi connectivity index (χ3n) is 9.36. The Kier molecular flexibility index (Phi) is 14.7. The molecule has 0 unspecified atom stereocenters. The zero-order valence-corrected chi connectivity index (χ0v) is 30.3. The zero-order valence-electron chi connectivity index (χ0n) is 30.3. The topological polar surface area (TPSA) is 163 Å². The second-order valence-electron chi connectivity index (χ2n) is 13.5. The Balaban J connectivity index is 1.27. The molecule has 2 saturated heterocycles. The fourth-order valence-corrected chi connectivity index (χ4v) is 6.59. The number of hydrogen-bond donors (Lipinski definition) is 3. The standard InChI is InChI=1S/C42H50N2O10/c1-28(45)51-37-34(27-48-23-30-16-8-3-9-17-30)53-42(36(44)40(37)50-25-32-20-12-5-13-21-32)54-38-33(26-47-22-29-14-6-2-7-15-29)52-41(46)35(43)39(38)49-24-31-18-10-4-11-19-31/h2-21,33-42,46H,22-27,43-44H2,1H3/t33-,34-,35-,36-,37-,38-,39-,40-,41-,42+/m1/s1. The van der Waals surface area contributed by atoms with E-state index in [1.165, 1.54) is 6.92 Å². The van der Waals surface area contributed by atoms with Crippen molar-refractivity contribution in [2.24, 2.45) is 11.5 Å². The molecule has 10 atom stereocenters. The summed E-state index contributed by atoms with van der Waals surface area (Å²) in [6, 6.07) is 36.6. The van der Waals surface area contributed by atoms with Crippen molar-refractivity contribution in [3.8, 4) is 0 Å². The highest BCUT2D eigenvalue weighted by Gasteiger charge is 2.52. The van der Waals surface area contributed by atoms with Gasteiger partial charge in [0.1, 0.15) is 30.5 Å². The first-order valence-electron chi connectivity index (χ1n) is 18.2. The third-order valence-corrected chi connectivity index (χ3v) is 9.36. The summed E-state index contributed by atoms with van der Waals surface area (Å²) in [4.78, 5) is 12.5. The van der Waals surface area contributed by atoms with E-state index in [0.717, 1.165) is 22.3 Å². The van der Waals surface area contributed by atoms with Crippen LogP contribution < -0.4 is 11.5 Å². The van der Waals surface area contributed by atoms with Crippen molar-refractivity contribution in [2.75, 3.05) is 13.2 Å². The van der Waals surface area contributed by atoms with Gasteiger partial charge in [0.2, 0.25) is 0 Å². The van der Waals surface area contributed by atoms with Crippen LogP contribution in [0.2, 0.25) is 0 Å². The predicted molar refractivity (Wildman–Crippen MR) is 198 cm³/mol. The number of rotatable bonds is 17. The van der Waals surface area contributed by atoms with Crippen molar-refractivity contribution < 1.29 is 47.8 Å². The Bertz CT molecular complexity index is 1670. The van der Waals surface area contributed by atoms with Crippen molar-refractivity contribution >= 4 is 5.97 Å². The number of aliphatic hydroxyl groups is 1. The number of carbonyl (C=O) groups excluding carboxylic acids is 1. The van der Waals surface area contributed by atoms with Crippen molar-refractivity contribution in [1.82, 2.24) is 0 Å². The maximum Gasteiger partial charge on any atom is 0.303 e. The summed E-state index contributed by atoms with van der Waals surface area (Å²) in [7, 11) is 0. The zero-order chi connectivity index (χ0) is 37.7. The maximum absolute atomic E-state index is 12.5. The van der Waals surface area contributed by atoms with E-state index in [2.05, 4.69) is 0 Å². The lowest BCUT2D eigenvalue weighted by atomic mass is 9.94. The second-order valence-corrected chi connectivity index (χ2v) is 13.5. The van der Waals surface area contributed by atoms with Gasteiger partial charge < -0.3 is 54.5 Å². The van der Waals surface area contributed by atoms with Crippen LogP contribution in [0.25, 0.3) is 0 Å². The number of nitrogens with two attached hydrogens (primary N) is 2. The summed E-state index contributed by atoms with van der Waals surface area (Å²) in [5, 5.41) is 11.0. The molecule has 12 nitrogen and oxygen atoms in total. The molecule has 2 fully saturated rings. The van der Waals surface area contributed by atoms with E-state index in [-0.39, 0.29) is 26.4 Å². The number of ether oxygens (including phenoxy) is 8. The minimum absolute atomic E-state index is 0.0293. The molecule has 2 heterocycles. The molecule has 12 heteroatoms. The highest BCUT2D eigenvalue weighted by Crippen LogP contribution is 2.32. The molecule has 2 aliphatic heterocycles. The summed E-state index contributed by atoms with van der Waals surface area (Å²) < 4.78 is 50.3. The number of benzene rings is 4. The lowest BCUT2D eigenvalue weighted by molar-refractivity contribution is -0.334. The van der Waals surface area contributed by atoms with Crippen LogP contribution in [0, 0.1) is 0 Å². The molecule has 0 spiro atoms. The Morgan fingerprint density at radius 3 is 1.43 bits per heavy atom. The minimum Gasteiger partial charge on any atom is -0.457 e. The van der Waals surface area contributed by atoms with Gasteiger partial charge in [-0.3, -0.25) is 4.79 Å². The molecule has 4 aromatic rings. The monoisotopic (exact) mass is 742 g/mol. The van der Waals surface area contributed by atoms with Gasteiger partial charge in [-0.2, -0.15) is 0 Å². The lowest BCUT2D eigenvalue weighted by Gasteiger charge is -2.48. The summed E-state index contributed by atoms with van der Waals surface area (Å²) in [5.41, 5.74) is 17.2. The van der Waals surface area contributed by atoms with Gasteiger partial charge in [0.05, 0.1) is 51.7 Å². The molecule has 2 aliphatic rings. The fraction of sp³-hybridized carbons (Fsp3) is 0.405. The SMILES string of the molecule is CC(=O)O[C@H]1[C@H](OCc2ccccc2)[C@@H](N)[C@H](O[C@H]2[C@H](OCc3ccccc3)[C@@H](N)[C@H](O)O[C@@H]2COCc2ccccc2)O[C@@H]1COCc1ccccc1. The van der Waals surface area contributed by atoms with Crippen LogP contribution in [0.1, 0.15) is 29.2 Å². The van der Waals surface area contributed by atoms with E-state index in [1.54, 1.807) is 0 Å². The average molecular weight is 743 g/mol. The van der Waals surface area contributed by atoms with Crippen LogP contribution in [-0.4, -0.2) is 85.6 Å². The summed E-state index contributed by atoms with van der Waals surface area (Å²) in [5.74, 6) is -0.526. The van der Waals surface area contributed by atoms with Gasteiger partial charge >= 0.3 is 5.97 Å². The second kappa shape index (κ2) is 20.0. The first-order valence-corrected chi connectivity index (χ1v) is 18.2. The Labute approximate surface area is 316 Å². The normalized spacial score (nSPS) is 28.4. The van der Waals surface area contributed by atoms with Crippen molar-refractivity contribution in [3.63, 3.8) is 0 Å².